The fourth-order valence-corrected chi connectivity index (χ4v) is 0.705. The Kier molecular flexibility index (Phi) is 1.55. The van der Waals surface area contributed by atoms with Crippen molar-refractivity contribution in [2.45, 2.75) is 0 Å². The minimum absolute atomic E-state index is 0.157. The molecule has 0 aromatic carbocycles. The van der Waals surface area contributed by atoms with Crippen LogP contribution in [0.5, 0.6) is 0 Å². The van der Waals surface area contributed by atoms with Gasteiger partial charge in [-0.1, -0.05) is 0 Å². The molecule has 0 radical (unpaired) electrons. The molecular weight excluding hydrogens is 176 g/mol. The van der Waals surface area contributed by atoms with Gasteiger partial charge < -0.3 is 4.74 Å². The molecule has 0 aromatic heterocycles. The summed E-state index contributed by atoms with van der Waals surface area (Å²) < 4.78 is 4.78. The standard InChI is InChI=1S/C6H2N4O3/c11-3-1-7-5(9-3)13-6-8-2-4(12)10-6/h1-2H. The first kappa shape index (κ1) is 7.47. The predicted molar refractivity (Wildman–Crippen MR) is 43.0 cm³/mol. The van der Waals surface area contributed by atoms with Gasteiger partial charge in [-0.15, -0.1) is 0 Å². The van der Waals surface area contributed by atoms with Gasteiger partial charge in [0.2, 0.25) is 0 Å². The van der Waals surface area contributed by atoms with Gasteiger partial charge in [-0.05, 0) is 0 Å². The van der Waals surface area contributed by atoms with Gasteiger partial charge in [-0.25, -0.2) is 0 Å². The number of hydrogen-bond donors (Lipinski definition) is 0. The first-order valence-corrected chi connectivity index (χ1v) is 3.25. The number of aliphatic imine (C=N–C) groups is 4. The molecule has 13 heavy (non-hydrogen) atoms. The van der Waals surface area contributed by atoms with Crippen LogP contribution in [0.2, 0.25) is 0 Å². The molecule has 2 amide bonds. The van der Waals surface area contributed by atoms with Crippen LogP contribution in [-0.2, 0) is 14.3 Å². The Morgan fingerprint density at radius 2 is 1.38 bits per heavy atom. The highest BCUT2D eigenvalue weighted by Crippen LogP contribution is 1.99. The van der Waals surface area contributed by atoms with E-state index in [-0.39, 0.29) is 12.0 Å². The van der Waals surface area contributed by atoms with Crippen molar-refractivity contribution in [1.82, 2.24) is 0 Å². The van der Waals surface area contributed by atoms with E-state index in [0.717, 1.165) is 12.4 Å². The topological polar surface area (TPSA) is 92.8 Å². The molecule has 0 saturated carbocycles. The molecule has 0 N–H and O–H groups in total. The molecule has 0 atom stereocenters. The zero-order chi connectivity index (χ0) is 9.26. The fourth-order valence-electron chi connectivity index (χ4n) is 0.705. The summed E-state index contributed by atoms with van der Waals surface area (Å²) in [5, 5.41) is 0. The quantitative estimate of drug-likeness (QED) is 0.473. The van der Waals surface area contributed by atoms with Crippen LogP contribution in [0, 0.1) is 0 Å². The number of rotatable bonds is 0. The summed E-state index contributed by atoms with van der Waals surface area (Å²) in [6.07, 6.45) is 1.99. The Bertz CT molecular complexity index is 366. The Morgan fingerprint density at radius 3 is 1.69 bits per heavy atom. The third-order valence-electron chi connectivity index (χ3n) is 1.17. The maximum Gasteiger partial charge on any atom is 0.328 e. The summed E-state index contributed by atoms with van der Waals surface area (Å²) in [6, 6.07) is -0.314. The summed E-state index contributed by atoms with van der Waals surface area (Å²) >= 11 is 0. The summed E-state index contributed by atoms with van der Waals surface area (Å²) in [5.41, 5.74) is 0. The van der Waals surface area contributed by atoms with Gasteiger partial charge in [-0.2, -0.15) is 20.0 Å². The normalized spacial score (nSPS) is 19.4. The number of hydrogen-bond acceptors (Lipinski definition) is 5. The van der Waals surface area contributed by atoms with E-state index in [2.05, 4.69) is 20.0 Å². The summed E-state index contributed by atoms with van der Waals surface area (Å²) in [7, 11) is 0. The van der Waals surface area contributed by atoms with Gasteiger partial charge >= 0.3 is 12.0 Å². The van der Waals surface area contributed by atoms with E-state index in [9.17, 15) is 9.59 Å². The minimum Gasteiger partial charge on any atom is -0.388 e. The number of amides is 2. The Labute approximate surface area is 71.6 Å². The molecule has 7 nitrogen and oxygen atoms in total. The van der Waals surface area contributed by atoms with Gasteiger partial charge in [0.15, 0.2) is 0 Å². The lowest BCUT2D eigenvalue weighted by molar-refractivity contribution is -0.112. The molecule has 0 fully saturated rings. The second-order valence-electron chi connectivity index (χ2n) is 2.08. The monoisotopic (exact) mass is 178 g/mol. The van der Waals surface area contributed by atoms with Gasteiger partial charge in [-0.3, -0.25) is 9.59 Å². The molecule has 0 aliphatic carbocycles. The van der Waals surface area contributed by atoms with Gasteiger partial charge in [0.05, 0.1) is 12.4 Å². The van der Waals surface area contributed by atoms with Crippen molar-refractivity contribution in [2.75, 3.05) is 0 Å². The van der Waals surface area contributed by atoms with Crippen molar-refractivity contribution >= 4 is 36.3 Å². The largest absolute Gasteiger partial charge is 0.388 e. The molecule has 0 unspecified atom stereocenters. The van der Waals surface area contributed by atoms with Gasteiger partial charge in [0, 0.05) is 0 Å². The number of nitrogens with zero attached hydrogens (tertiary/aromatic N) is 4. The van der Waals surface area contributed by atoms with Crippen molar-refractivity contribution in [1.29, 1.82) is 0 Å². The van der Waals surface area contributed by atoms with Crippen LogP contribution in [0.15, 0.2) is 20.0 Å². The van der Waals surface area contributed by atoms with Crippen molar-refractivity contribution < 1.29 is 14.3 Å². The van der Waals surface area contributed by atoms with Crippen LogP contribution in [0.1, 0.15) is 0 Å². The van der Waals surface area contributed by atoms with Crippen molar-refractivity contribution in [3.8, 4) is 0 Å². The predicted octanol–water partition coefficient (Wildman–Crippen LogP) is -1.06. The zero-order valence-electron chi connectivity index (χ0n) is 6.17. The molecule has 0 spiro atoms. The first-order chi connectivity index (χ1) is 6.24. The number of amidine groups is 2. The highest BCUT2D eigenvalue weighted by atomic mass is 16.5. The second-order valence-corrected chi connectivity index (χ2v) is 2.08. The van der Waals surface area contributed by atoms with Gasteiger partial charge in [0.25, 0.3) is 11.8 Å². The lowest BCUT2D eigenvalue weighted by Crippen LogP contribution is -2.05. The van der Waals surface area contributed by atoms with Crippen LogP contribution in [0.4, 0.5) is 0 Å². The Morgan fingerprint density at radius 1 is 0.923 bits per heavy atom. The molecule has 7 heteroatoms. The molecule has 2 rings (SSSR count). The smallest absolute Gasteiger partial charge is 0.328 e. The highest BCUT2D eigenvalue weighted by molar-refractivity contribution is 6.36. The first-order valence-electron chi connectivity index (χ1n) is 3.25. The van der Waals surface area contributed by atoms with Crippen LogP contribution >= 0.6 is 0 Å². The average Bonchev–Trinajstić information content (AvgIpc) is 2.62. The Hall–Kier alpha value is -2.18. The van der Waals surface area contributed by atoms with E-state index in [1.165, 1.54) is 0 Å². The van der Waals surface area contributed by atoms with Crippen molar-refractivity contribution in [3.05, 3.63) is 0 Å². The zero-order valence-corrected chi connectivity index (χ0v) is 6.17. The second kappa shape index (κ2) is 2.70. The van der Waals surface area contributed by atoms with Crippen LogP contribution in [0.3, 0.4) is 0 Å². The van der Waals surface area contributed by atoms with E-state index >= 15 is 0 Å². The Balaban J connectivity index is 2.08. The lowest BCUT2D eigenvalue weighted by Gasteiger charge is -1.94. The molecule has 0 aromatic rings. The fraction of sp³-hybridized carbons (Fsp3) is 0. The SMILES string of the molecule is O=C1C=NC(OC2=NC(=O)C=N2)=N1. The number of ether oxygens (including phenoxy) is 1. The summed E-state index contributed by atoms with van der Waals surface area (Å²) in [4.78, 5) is 34.7. The van der Waals surface area contributed by atoms with Crippen molar-refractivity contribution in [3.63, 3.8) is 0 Å². The third-order valence-corrected chi connectivity index (χ3v) is 1.17. The average molecular weight is 178 g/mol. The molecule has 0 bridgehead atoms. The van der Waals surface area contributed by atoms with Crippen LogP contribution < -0.4 is 0 Å². The maximum absolute atomic E-state index is 10.5. The molecule has 2 aliphatic rings. The minimum atomic E-state index is -0.510. The molecule has 2 heterocycles. The van der Waals surface area contributed by atoms with Gasteiger partial charge in [0.1, 0.15) is 0 Å². The van der Waals surface area contributed by atoms with E-state index in [1.54, 1.807) is 0 Å². The highest BCUT2D eigenvalue weighted by Gasteiger charge is 2.15. The van der Waals surface area contributed by atoms with Crippen LogP contribution in [-0.4, -0.2) is 36.3 Å². The number of carbonyl (C=O) groups excluding carboxylic acids is 2. The lowest BCUT2D eigenvalue weighted by atomic mass is 10.7. The molecule has 2 aliphatic heterocycles. The summed E-state index contributed by atoms with van der Waals surface area (Å²) in [6.45, 7) is 0. The molecular formula is C6H2N4O3. The molecule has 64 valence electrons. The van der Waals surface area contributed by atoms with E-state index in [1.807, 2.05) is 0 Å². The number of carbonyl (C=O) groups is 2. The van der Waals surface area contributed by atoms with Crippen LogP contribution in [0.25, 0.3) is 0 Å². The maximum atomic E-state index is 10.5. The van der Waals surface area contributed by atoms with E-state index in [4.69, 9.17) is 4.74 Å². The van der Waals surface area contributed by atoms with Crippen molar-refractivity contribution in [2.24, 2.45) is 20.0 Å². The van der Waals surface area contributed by atoms with E-state index in [0.29, 0.717) is 0 Å². The van der Waals surface area contributed by atoms with E-state index < -0.39 is 11.8 Å². The molecule has 0 saturated heterocycles. The summed E-state index contributed by atoms with van der Waals surface area (Å²) in [5.74, 6) is -1.02. The third kappa shape index (κ3) is 1.53.